The predicted molar refractivity (Wildman–Crippen MR) is 57.9 cm³/mol. The Bertz CT molecular complexity index is 249. The maximum Gasteiger partial charge on any atom is 0.174 e. The third-order valence-corrected chi connectivity index (χ3v) is 3.92. The standard InChI is InChI=1S/C8H13N3OS2/c1-4-12-5-2-11(1)3-6-13-8-10-9-7-14-8/h7H,1-6H2. The zero-order valence-electron chi connectivity index (χ0n) is 7.89. The SMILES string of the molecule is c1nnc(SCCN2CCOCC2)s1. The number of nitrogens with zero attached hydrogens (tertiary/aromatic N) is 3. The third kappa shape index (κ3) is 3.20. The minimum absolute atomic E-state index is 0.878. The summed E-state index contributed by atoms with van der Waals surface area (Å²) in [5.74, 6) is 1.09. The van der Waals surface area contributed by atoms with Crippen molar-refractivity contribution in [1.29, 1.82) is 0 Å². The monoisotopic (exact) mass is 231 g/mol. The van der Waals surface area contributed by atoms with E-state index in [4.69, 9.17) is 4.74 Å². The number of ether oxygens (including phenoxy) is 1. The van der Waals surface area contributed by atoms with Crippen LogP contribution in [0.4, 0.5) is 0 Å². The number of morpholine rings is 1. The molecule has 0 spiro atoms. The summed E-state index contributed by atoms with van der Waals surface area (Å²) in [5, 5.41) is 7.79. The molecule has 6 heteroatoms. The van der Waals surface area contributed by atoms with Crippen LogP contribution in [0.25, 0.3) is 0 Å². The first-order valence-electron chi connectivity index (χ1n) is 4.64. The molecule has 2 heterocycles. The van der Waals surface area contributed by atoms with Gasteiger partial charge >= 0.3 is 0 Å². The second-order valence-corrected chi connectivity index (χ2v) is 5.18. The molecule has 0 aliphatic carbocycles. The van der Waals surface area contributed by atoms with E-state index in [1.807, 2.05) is 0 Å². The van der Waals surface area contributed by atoms with Gasteiger partial charge in [0.15, 0.2) is 4.34 Å². The van der Waals surface area contributed by atoms with Crippen LogP contribution in [0.1, 0.15) is 0 Å². The molecule has 1 aromatic rings. The molecule has 78 valence electrons. The van der Waals surface area contributed by atoms with Crippen molar-refractivity contribution in [1.82, 2.24) is 15.1 Å². The normalized spacial score (nSPS) is 18.6. The van der Waals surface area contributed by atoms with Crippen LogP contribution in [0.15, 0.2) is 9.85 Å². The van der Waals surface area contributed by atoms with Crippen LogP contribution in [-0.4, -0.2) is 53.7 Å². The summed E-state index contributed by atoms with van der Waals surface area (Å²) in [6.07, 6.45) is 0. The second kappa shape index (κ2) is 5.65. The molecule has 2 rings (SSSR count). The Kier molecular flexibility index (Phi) is 4.18. The summed E-state index contributed by atoms with van der Waals surface area (Å²) >= 11 is 3.39. The lowest BCUT2D eigenvalue weighted by atomic mass is 10.4. The second-order valence-electron chi connectivity index (χ2n) is 3.01. The molecule has 0 amide bonds. The van der Waals surface area contributed by atoms with Crippen LogP contribution >= 0.6 is 23.1 Å². The van der Waals surface area contributed by atoms with Gasteiger partial charge in [-0.1, -0.05) is 23.1 Å². The van der Waals surface area contributed by atoms with Crippen molar-refractivity contribution < 1.29 is 4.74 Å². The Morgan fingerprint density at radius 1 is 1.50 bits per heavy atom. The van der Waals surface area contributed by atoms with Crippen LogP contribution in [0.2, 0.25) is 0 Å². The van der Waals surface area contributed by atoms with Gasteiger partial charge in [-0.25, -0.2) is 0 Å². The quantitative estimate of drug-likeness (QED) is 0.722. The number of aromatic nitrogens is 2. The van der Waals surface area contributed by atoms with Crippen LogP contribution in [0.5, 0.6) is 0 Å². The van der Waals surface area contributed by atoms with E-state index in [1.165, 1.54) is 0 Å². The molecular weight excluding hydrogens is 218 g/mol. The molecule has 4 nitrogen and oxygen atoms in total. The predicted octanol–water partition coefficient (Wildman–Crippen LogP) is 0.962. The highest BCUT2D eigenvalue weighted by atomic mass is 32.2. The van der Waals surface area contributed by atoms with Crippen molar-refractivity contribution in [2.45, 2.75) is 4.34 Å². The molecule has 0 saturated carbocycles. The maximum atomic E-state index is 5.28. The van der Waals surface area contributed by atoms with Crippen LogP contribution < -0.4 is 0 Å². The summed E-state index contributed by atoms with van der Waals surface area (Å²) in [6, 6.07) is 0. The maximum absolute atomic E-state index is 5.28. The van der Waals surface area contributed by atoms with Crippen molar-refractivity contribution in [2.75, 3.05) is 38.6 Å². The molecule has 1 aliphatic rings. The summed E-state index contributed by atoms with van der Waals surface area (Å²) in [7, 11) is 0. The third-order valence-electron chi connectivity index (χ3n) is 2.08. The lowest BCUT2D eigenvalue weighted by molar-refractivity contribution is 0.0410. The van der Waals surface area contributed by atoms with Gasteiger partial charge in [0.05, 0.1) is 13.2 Å². The van der Waals surface area contributed by atoms with E-state index in [0.29, 0.717) is 0 Å². The number of hydrogen-bond acceptors (Lipinski definition) is 6. The van der Waals surface area contributed by atoms with Gasteiger partial charge in [-0.05, 0) is 0 Å². The van der Waals surface area contributed by atoms with Crippen molar-refractivity contribution in [3.05, 3.63) is 5.51 Å². The summed E-state index contributed by atoms with van der Waals surface area (Å²) in [4.78, 5) is 2.43. The average molecular weight is 231 g/mol. The molecule has 0 unspecified atom stereocenters. The van der Waals surface area contributed by atoms with Crippen molar-refractivity contribution in [3.8, 4) is 0 Å². The van der Waals surface area contributed by atoms with Gasteiger partial charge in [-0.15, -0.1) is 10.2 Å². The zero-order chi connectivity index (χ0) is 9.64. The summed E-state index contributed by atoms with van der Waals surface area (Å²) < 4.78 is 6.35. The fourth-order valence-electron chi connectivity index (χ4n) is 1.31. The van der Waals surface area contributed by atoms with Crippen molar-refractivity contribution in [2.24, 2.45) is 0 Å². The van der Waals surface area contributed by atoms with E-state index in [-0.39, 0.29) is 0 Å². The lowest BCUT2D eigenvalue weighted by Crippen LogP contribution is -2.37. The highest BCUT2D eigenvalue weighted by Gasteiger charge is 2.09. The first-order chi connectivity index (χ1) is 6.95. The van der Waals surface area contributed by atoms with E-state index in [0.717, 1.165) is 42.9 Å². The first-order valence-corrected chi connectivity index (χ1v) is 6.51. The average Bonchev–Trinajstić information content (AvgIpc) is 2.72. The molecule has 0 radical (unpaired) electrons. The minimum Gasteiger partial charge on any atom is -0.379 e. The molecule has 1 saturated heterocycles. The van der Waals surface area contributed by atoms with E-state index in [9.17, 15) is 0 Å². The molecule has 1 aromatic heterocycles. The Balaban J connectivity index is 1.62. The molecule has 0 atom stereocenters. The van der Waals surface area contributed by atoms with Gasteiger partial charge in [0, 0.05) is 25.4 Å². The van der Waals surface area contributed by atoms with Crippen LogP contribution in [-0.2, 0) is 4.74 Å². The molecule has 1 fully saturated rings. The van der Waals surface area contributed by atoms with E-state index in [1.54, 1.807) is 28.6 Å². The van der Waals surface area contributed by atoms with Gasteiger partial charge in [0.1, 0.15) is 5.51 Å². The number of rotatable bonds is 4. The summed E-state index contributed by atoms with van der Waals surface area (Å²) in [6.45, 7) is 5.01. The molecule has 0 N–H and O–H groups in total. The van der Waals surface area contributed by atoms with Gasteiger partial charge in [-0.3, -0.25) is 4.90 Å². The molecule has 1 aliphatic heterocycles. The van der Waals surface area contributed by atoms with Crippen LogP contribution in [0, 0.1) is 0 Å². The lowest BCUT2D eigenvalue weighted by Gasteiger charge is -2.25. The summed E-state index contributed by atoms with van der Waals surface area (Å²) in [5.41, 5.74) is 1.77. The van der Waals surface area contributed by atoms with Gasteiger partial charge in [0.2, 0.25) is 0 Å². The topological polar surface area (TPSA) is 38.2 Å². The minimum atomic E-state index is 0.878. The fraction of sp³-hybridized carbons (Fsp3) is 0.750. The Hall–Kier alpha value is -0.170. The van der Waals surface area contributed by atoms with E-state index < -0.39 is 0 Å². The van der Waals surface area contributed by atoms with Crippen LogP contribution in [0.3, 0.4) is 0 Å². The molecule has 0 bridgehead atoms. The largest absolute Gasteiger partial charge is 0.379 e. The Morgan fingerprint density at radius 2 is 2.36 bits per heavy atom. The fourth-order valence-corrected chi connectivity index (χ4v) is 2.87. The van der Waals surface area contributed by atoms with E-state index in [2.05, 4.69) is 15.1 Å². The first kappa shape index (κ1) is 10.4. The molecular formula is C8H13N3OS2. The van der Waals surface area contributed by atoms with Crippen molar-refractivity contribution in [3.63, 3.8) is 0 Å². The Morgan fingerprint density at radius 3 is 3.07 bits per heavy atom. The van der Waals surface area contributed by atoms with Crippen molar-refractivity contribution >= 4 is 23.1 Å². The number of hydrogen-bond donors (Lipinski definition) is 0. The van der Waals surface area contributed by atoms with Gasteiger partial charge in [0.25, 0.3) is 0 Å². The highest BCUT2D eigenvalue weighted by molar-refractivity contribution is 8.01. The number of thioether (sulfide) groups is 1. The smallest absolute Gasteiger partial charge is 0.174 e. The highest BCUT2D eigenvalue weighted by Crippen LogP contribution is 2.18. The molecule has 0 aromatic carbocycles. The zero-order valence-corrected chi connectivity index (χ0v) is 9.52. The Labute approximate surface area is 91.7 Å². The van der Waals surface area contributed by atoms with Gasteiger partial charge in [-0.2, -0.15) is 0 Å². The van der Waals surface area contributed by atoms with Gasteiger partial charge < -0.3 is 4.74 Å². The van der Waals surface area contributed by atoms with E-state index >= 15 is 0 Å². The molecule has 14 heavy (non-hydrogen) atoms.